The van der Waals surface area contributed by atoms with Crippen LogP contribution in [0.2, 0.25) is 5.02 Å². The molecule has 1 unspecified atom stereocenters. The van der Waals surface area contributed by atoms with E-state index in [1.165, 1.54) is 4.90 Å². The van der Waals surface area contributed by atoms with Crippen molar-refractivity contribution in [3.63, 3.8) is 0 Å². The third-order valence-corrected chi connectivity index (χ3v) is 9.07. The number of sulfone groups is 1. The SMILES string of the molecule is O=C(CC1(c2ccc(Oc3ccc(Cl)cc3)cc2)CCN(C(=O)c2ccccc2)CCS1(=O)=O)NO. The van der Waals surface area contributed by atoms with E-state index in [2.05, 4.69) is 0 Å². The summed E-state index contributed by atoms with van der Waals surface area (Å²) in [5.74, 6) is -0.413. The lowest BCUT2D eigenvalue weighted by atomic mass is 9.90. The Morgan fingerprint density at radius 3 is 2.17 bits per heavy atom. The highest BCUT2D eigenvalue weighted by Crippen LogP contribution is 2.41. The molecule has 1 saturated heterocycles. The summed E-state index contributed by atoms with van der Waals surface area (Å²) < 4.78 is 31.5. The Kier molecular flexibility index (Phi) is 7.63. The highest BCUT2D eigenvalue weighted by Gasteiger charge is 2.48. The van der Waals surface area contributed by atoms with Crippen molar-refractivity contribution in [3.05, 3.63) is 95.0 Å². The van der Waals surface area contributed by atoms with Crippen molar-refractivity contribution in [3.8, 4) is 11.5 Å². The van der Waals surface area contributed by atoms with Crippen molar-refractivity contribution >= 4 is 33.3 Å². The molecule has 3 aromatic rings. The molecule has 1 fully saturated rings. The van der Waals surface area contributed by atoms with E-state index in [0.717, 1.165) is 0 Å². The van der Waals surface area contributed by atoms with Gasteiger partial charge < -0.3 is 9.64 Å². The number of benzene rings is 3. The lowest BCUT2D eigenvalue weighted by molar-refractivity contribution is -0.130. The van der Waals surface area contributed by atoms with E-state index in [4.69, 9.17) is 16.3 Å². The van der Waals surface area contributed by atoms with E-state index in [1.54, 1.807) is 84.3 Å². The van der Waals surface area contributed by atoms with E-state index in [0.29, 0.717) is 27.6 Å². The second-order valence-electron chi connectivity index (χ2n) is 8.51. The smallest absolute Gasteiger partial charge is 0.253 e. The topological polar surface area (TPSA) is 113 Å². The second kappa shape index (κ2) is 10.7. The van der Waals surface area contributed by atoms with Crippen LogP contribution in [0.3, 0.4) is 0 Å². The molecule has 1 aliphatic heterocycles. The summed E-state index contributed by atoms with van der Waals surface area (Å²) >= 11 is 5.91. The number of hydroxylamine groups is 1. The van der Waals surface area contributed by atoms with Crippen LogP contribution in [0.25, 0.3) is 0 Å². The first kappa shape index (κ1) is 25.7. The fourth-order valence-electron chi connectivity index (χ4n) is 4.36. The van der Waals surface area contributed by atoms with Crippen molar-refractivity contribution in [1.82, 2.24) is 10.4 Å². The Bertz CT molecular complexity index is 1330. The van der Waals surface area contributed by atoms with Gasteiger partial charge in [0.05, 0.1) is 12.2 Å². The number of hydrogen-bond acceptors (Lipinski definition) is 6. The summed E-state index contributed by atoms with van der Waals surface area (Å²) in [5, 5.41) is 9.77. The summed E-state index contributed by atoms with van der Waals surface area (Å²) in [5.41, 5.74) is 2.39. The van der Waals surface area contributed by atoms with Crippen molar-refractivity contribution in [2.24, 2.45) is 0 Å². The molecule has 0 aromatic heterocycles. The summed E-state index contributed by atoms with van der Waals surface area (Å²) in [6.45, 7) is 0.116. The summed E-state index contributed by atoms with van der Waals surface area (Å²) in [4.78, 5) is 26.8. The van der Waals surface area contributed by atoms with Gasteiger partial charge >= 0.3 is 0 Å². The van der Waals surface area contributed by atoms with Crippen LogP contribution < -0.4 is 10.2 Å². The van der Waals surface area contributed by atoms with Gasteiger partial charge in [-0.3, -0.25) is 14.8 Å². The Morgan fingerprint density at radius 1 is 0.944 bits per heavy atom. The number of hydrogen-bond donors (Lipinski definition) is 2. The van der Waals surface area contributed by atoms with Crippen LogP contribution in [0, 0.1) is 0 Å². The fraction of sp³-hybridized carbons (Fsp3) is 0.231. The maximum Gasteiger partial charge on any atom is 0.253 e. The summed E-state index contributed by atoms with van der Waals surface area (Å²) in [6, 6.07) is 21.9. The molecule has 188 valence electrons. The van der Waals surface area contributed by atoms with Gasteiger partial charge in [-0.15, -0.1) is 0 Å². The number of rotatable bonds is 6. The van der Waals surface area contributed by atoms with Gasteiger partial charge in [0.25, 0.3) is 5.91 Å². The molecule has 3 aromatic carbocycles. The normalized spacial score (nSPS) is 19.2. The highest BCUT2D eigenvalue weighted by atomic mass is 35.5. The number of nitrogens with zero attached hydrogens (tertiary/aromatic N) is 1. The third-order valence-electron chi connectivity index (χ3n) is 6.32. The molecule has 10 heteroatoms. The van der Waals surface area contributed by atoms with E-state index in [9.17, 15) is 23.2 Å². The molecule has 0 radical (unpaired) electrons. The average Bonchev–Trinajstić information content (AvgIpc) is 3.02. The van der Waals surface area contributed by atoms with Crippen molar-refractivity contribution in [2.75, 3.05) is 18.8 Å². The Balaban J connectivity index is 1.65. The zero-order valence-corrected chi connectivity index (χ0v) is 20.8. The molecule has 0 aliphatic carbocycles. The van der Waals surface area contributed by atoms with Crippen molar-refractivity contribution in [1.29, 1.82) is 0 Å². The molecule has 8 nitrogen and oxygen atoms in total. The van der Waals surface area contributed by atoms with Crippen LogP contribution in [-0.4, -0.2) is 49.2 Å². The molecule has 1 atom stereocenters. The highest BCUT2D eigenvalue weighted by molar-refractivity contribution is 7.92. The van der Waals surface area contributed by atoms with E-state index in [1.807, 2.05) is 0 Å². The molecule has 0 spiro atoms. The fourth-order valence-corrected chi connectivity index (χ4v) is 6.59. The van der Waals surface area contributed by atoms with Crippen LogP contribution in [0.5, 0.6) is 11.5 Å². The van der Waals surface area contributed by atoms with Gasteiger partial charge in [0.2, 0.25) is 5.91 Å². The largest absolute Gasteiger partial charge is 0.457 e. The van der Waals surface area contributed by atoms with Crippen LogP contribution in [0.15, 0.2) is 78.9 Å². The molecule has 0 saturated carbocycles. The Morgan fingerprint density at radius 2 is 1.56 bits per heavy atom. The van der Waals surface area contributed by atoms with Gasteiger partial charge in [0, 0.05) is 23.7 Å². The van der Waals surface area contributed by atoms with E-state index < -0.39 is 26.9 Å². The molecule has 1 aliphatic rings. The standard InChI is InChI=1S/C26H25ClN2O6S/c27-21-8-12-23(13-9-21)35-22-10-6-20(7-11-22)26(18-24(30)28-32)14-15-29(16-17-36(26,33)34)25(31)19-4-2-1-3-5-19/h1-13,32H,14-18H2,(H,28,30). The molecule has 2 amide bonds. The number of nitrogens with one attached hydrogen (secondary N) is 1. The van der Waals surface area contributed by atoms with Gasteiger partial charge in [-0.05, 0) is 60.5 Å². The summed E-state index contributed by atoms with van der Waals surface area (Å²) in [7, 11) is -3.93. The first-order valence-corrected chi connectivity index (χ1v) is 13.3. The predicted molar refractivity (Wildman–Crippen MR) is 135 cm³/mol. The second-order valence-corrected chi connectivity index (χ2v) is 11.4. The molecule has 1 heterocycles. The number of carbonyl (C=O) groups excluding carboxylic acids is 2. The van der Waals surface area contributed by atoms with Crippen LogP contribution in [0.1, 0.15) is 28.8 Å². The molecular weight excluding hydrogens is 504 g/mol. The lowest BCUT2D eigenvalue weighted by Gasteiger charge is -2.32. The number of carbonyl (C=O) groups is 2. The maximum atomic E-state index is 13.6. The zero-order chi connectivity index (χ0) is 25.8. The monoisotopic (exact) mass is 528 g/mol. The number of ether oxygens (including phenoxy) is 1. The molecule has 4 rings (SSSR count). The maximum absolute atomic E-state index is 13.6. The minimum absolute atomic E-state index is 0.00365. The summed E-state index contributed by atoms with van der Waals surface area (Å²) in [6.07, 6.45) is -0.505. The van der Waals surface area contributed by atoms with Gasteiger partial charge in [0.1, 0.15) is 16.2 Å². The Hall–Kier alpha value is -3.40. The van der Waals surface area contributed by atoms with Crippen molar-refractivity contribution < 1.29 is 28.0 Å². The zero-order valence-electron chi connectivity index (χ0n) is 19.3. The first-order chi connectivity index (χ1) is 17.2. The Labute approximate surface area is 214 Å². The van der Waals surface area contributed by atoms with E-state index >= 15 is 0 Å². The number of halogens is 1. The first-order valence-electron chi connectivity index (χ1n) is 11.3. The lowest BCUT2D eigenvalue weighted by Crippen LogP contribution is -2.42. The van der Waals surface area contributed by atoms with Gasteiger partial charge in [-0.1, -0.05) is 41.9 Å². The minimum Gasteiger partial charge on any atom is -0.457 e. The molecular formula is C26H25ClN2O6S. The van der Waals surface area contributed by atoms with Gasteiger partial charge in [-0.2, -0.15) is 0 Å². The molecule has 36 heavy (non-hydrogen) atoms. The number of amides is 2. The third kappa shape index (κ3) is 5.38. The predicted octanol–water partition coefficient (Wildman–Crippen LogP) is 4.18. The van der Waals surface area contributed by atoms with Gasteiger partial charge in [0.15, 0.2) is 9.84 Å². The minimum atomic E-state index is -3.93. The quantitative estimate of drug-likeness (QED) is 0.366. The van der Waals surface area contributed by atoms with Crippen molar-refractivity contribution in [2.45, 2.75) is 17.6 Å². The van der Waals surface area contributed by atoms with E-state index in [-0.39, 0.29) is 31.2 Å². The van der Waals surface area contributed by atoms with Crippen LogP contribution >= 0.6 is 11.6 Å². The van der Waals surface area contributed by atoms with Gasteiger partial charge in [-0.25, -0.2) is 13.9 Å². The van der Waals surface area contributed by atoms with Crippen LogP contribution in [-0.2, 0) is 19.4 Å². The average molecular weight is 529 g/mol. The molecule has 0 bridgehead atoms. The molecule has 2 N–H and O–H groups in total. The van der Waals surface area contributed by atoms with Crippen LogP contribution in [0.4, 0.5) is 0 Å².